The quantitative estimate of drug-likeness (QED) is 0.101. The minimum absolute atomic E-state index is 0.0693. The van der Waals surface area contributed by atoms with E-state index in [0.717, 1.165) is 16.8 Å². The molecule has 2 N–H and O–H groups in total. The van der Waals surface area contributed by atoms with Crippen LogP contribution < -0.4 is 15.5 Å². The van der Waals surface area contributed by atoms with Gasteiger partial charge in [-0.05, 0) is 96.5 Å². The van der Waals surface area contributed by atoms with Gasteiger partial charge in [0, 0.05) is 95.1 Å². The molecule has 9 rings (SSSR count). The number of halogens is 5. The Morgan fingerprint density at radius 2 is 0.889 bits per heavy atom. The monoisotopic (exact) mass is 989 g/mol. The second kappa shape index (κ2) is 22.0. The molecule has 4 heterocycles. The van der Waals surface area contributed by atoms with E-state index in [1.165, 1.54) is 12.1 Å². The van der Waals surface area contributed by atoms with Crippen LogP contribution in [0.2, 0.25) is 0 Å². The molecular formula is C56H60F5N7O4. The summed E-state index contributed by atoms with van der Waals surface area (Å²) in [4.78, 5) is 65.1. The lowest BCUT2D eigenvalue weighted by Crippen LogP contribution is -2.51. The van der Waals surface area contributed by atoms with E-state index in [1.807, 2.05) is 84.9 Å². The SMILES string of the molecule is O=C(Nc1ccc(CN(Cc2ccc(NC(=O)[C@@H]3CCCN3C(=O)C(c3ccccc3)N3CCC(F)(F)CC3)cc2)c2ccc(F)cc2)cc1)[C@@H]1CCCN1C(=O)C(c1ccccc1)N1CCC(F)(F)CC1. The van der Waals surface area contributed by atoms with E-state index in [9.17, 15) is 41.1 Å². The molecule has 0 aliphatic carbocycles. The molecule has 5 aromatic carbocycles. The molecule has 4 atom stereocenters. The number of nitrogens with zero attached hydrogens (tertiary/aromatic N) is 5. The summed E-state index contributed by atoms with van der Waals surface area (Å²) in [7, 11) is 0. The number of hydrogen-bond acceptors (Lipinski definition) is 7. The second-order valence-electron chi connectivity index (χ2n) is 19.5. The van der Waals surface area contributed by atoms with Crippen molar-refractivity contribution >= 4 is 40.7 Å². The maximum atomic E-state index is 14.3. The molecule has 4 aliphatic rings. The number of piperidine rings is 2. The fourth-order valence-corrected chi connectivity index (χ4v) is 10.6. The molecule has 0 spiro atoms. The summed E-state index contributed by atoms with van der Waals surface area (Å²) in [6, 6.07) is 36.2. The van der Waals surface area contributed by atoms with Gasteiger partial charge in [0.15, 0.2) is 0 Å². The minimum Gasteiger partial charge on any atom is -0.363 e. The molecule has 11 nitrogen and oxygen atoms in total. The molecule has 4 fully saturated rings. The van der Waals surface area contributed by atoms with Gasteiger partial charge in [0.2, 0.25) is 23.6 Å². The molecule has 0 bridgehead atoms. The molecule has 16 heteroatoms. The van der Waals surface area contributed by atoms with Gasteiger partial charge in [-0.1, -0.05) is 84.9 Å². The van der Waals surface area contributed by atoms with Gasteiger partial charge < -0.3 is 25.3 Å². The molecule has 0 radical (unpaired) electrons. The predicted molar refractivity (Wildman–Crippen MR) is 266 cm³/mol. The molecule has 0 saturated carbocycles. The van der Waals surface area contributed by atoms with Gasteiger partial charge in [-0.25, -0.2) is 22.0 Å². The number of rotatable bonds is 15. The Kier molecular flexibility index (Phi) is 15.4. The Morgan fingerprint density at radius 1 is 0.514 bits per heavy atom. The molecule has 378 valence electrons. The Hall–Kier alpha value is -6.65. The van der Waals surface area contributed by atoms with E-state index < -0.39 is 36.0 Å². The van der Waals surface area contributed by atoms with Crippen LogP contribution >= 0.6 is 0 Å². The number of alkyl halides is 4. The molecule has 4 amide bonds. The van der Waals surface area contributed by atoms with Gasteiger partial charge in [0.05, 0.1) is 0 Å². The van der Waals surface area contributed by atoms with E-state index in [1.54, 1.807) is 56.0 Å². The third-order valence-electron chi connectivity index (χ3n) is 14.5. The molecule has 4 saturated heterocycles. The molecule has 2 unspecified atom stereocenters. The van der Waals surface area contributed by atoms with Crippen LogP contribution in [0.5, 0.6) is 0 Å². The predicted octanol–water partition coefficient (Wildman–Crippen LogP) is 9.84. The van der Waals surface area contributed by atoms with Crippen LogP contribution in [0, 0.1) is 5.82 Å². The smallest absolute Gasteiger partial charge is 0.250 e. The lowest BCUT2D eigenvalue weighted by Gasteiger charge is -2.39. The number of carbonyl (C=O) groups is 4. The van der Waals surface area contributed by atoms with Crippen LogP contribution in [0.3, 0.4) is 0 Å². The van der Waals surface area contributed by atoms with Crippen molar-refractivity contribution in [1.29, 1.82) is 0 Å². The van der Waals surface area contributed by atoms with Crippen molar-refractivity contribution in [3.8, 4) is 0 Å². The van der Waals surface area contributed by atoms with Crippen LogP contribution in [0.4, 0.5) is 39.0 Å². The van der Waals surface area contributed by atoms with E-state index in [4.69, 9.17) is 0 Å². The van der Waals surface area contributed by atoms with Gasteiger partial charge in [-0.2, -0.15) is 0 Å². The average Bonchev–Trinajstić information content (AvgIpc) is 4.09. The number of carbonyl (C=O) groups excluding carboxylic acids is 4. The number of hydrogen-bond donors (Lipinski definition) is 2. The molecule has 72 heavy (non-hydrogen) atoms. The zero-order chi connectivity index (χ0) is 50.4. The number of amides is 4. The van der Waals surface area contributed by atoms with Gasteiger partial charge in [0.25, 0.3) is 11.8 Å². The van der Waals surface area contributed by atoms with Crippen molar-refractivity contribution < 1.29 is 41.1 Å². The molecule has 4 aliphatic heterocycles. The Balaban J connectivity index is 0.830. The molecular weight excluding hydrogens is 930 g/mol. The first-order chi connectivity index (χ1) is 34.7. The zero-order valence-electron chi connectivity index (χ0n) is 40.1. The Bertz CT molecular complexity index is 2480. The Labute approximate surface area is 416 Å². The van der Waals surface area contributed by atoms with Crippen LogP contribution in [0.25, 0.3) is 0 Å². The zero-order valence-corrected chi connectivity index (χ0v) is 40.1. The van der Waals surface area contributed by atoms with Crippen molar-refractivity contribution in [2.24, 2.45) is 0 Å². The van der Waals surface area contributed by atoms with Crippen molar-refractivity contribution in [3.63, 3.8) is 0 Å². The normalized spacial score (nSPS) is 20.9. The van der Waals surface area contributed by atoms with Crippen LogP contribution in [-0.2, 0) is 32.3 Å². The number of benzene rings is 5. The van der Waals surface area contributed by atoms with Crippen molar-refractivity contribution in [1.82, 2.24) is 19.6 Å². The summed E-state index contributed by atoms with van der Waals surface area (Å²) in [6.45, 7) is 1.88. The highest BCUT2D eigenvalue weighted by Crippen LogP contribution is 2.37. The summed E-state index contributed by atoms with van der Waals surface area (Å²) in [6.07, 6.45) is 0.874. The van der Waals surface area contributed by atoms with Gasteiger partial charge in [-0.15, -0.1) is 0 Å². The number of nitrogens with one attached hydrogen (secondary N) is 2. The van der Waals surface area contributed by atoms with E-state index in [2.05, 4.69) is 15.5 Å². The van der Waals surface area contributed by atoms with Crippen molar-refractivity contribution in [2.45, 2.75) is 100 Å². The number of anilines is 3. The maximum absolute atomic E-state index is 14.3. The van der Waals surface area contributed by atoms with E-state index in [-0.39, 0.29) is 81.3 Å². The summed E-state index contributed by atoms with van der Waals surface area (Å²) in [5.74, 6) is -7.11. The summed E-state index contributed by atoms with van der Waals surface area (Å²) >= 11 is 0. The maximum Gasteiger partial charge on any atom is 0.250 e. The highest BCUT2D eigenvalue weighted by atomic mass is 19.3. The highest BCUT2D eigenvalue weighted by Gasteiger charge is 2.45. The molecule has 0 aromatic heterocycles. The van der Waals surface area contributed by atoms with E-state index >= 15 is 0 Å². The second-order valence-corrected chi connectivity index (χ2v) is 19.5. The fourth-order valence-electron chi connectivity index (χ4n) is 10.6. The summed E-state index contributed by atoms with van der Waals surface area (Å²) in [5.41, 5.74) is 5.07. The van der Waals surface area contributed by atoms with Gasteiger partial charge >= 0.3 is 0 Å². The lowest BCUT2D eigenvalue weighted by atomic mass is 9.98. The van der Waals surface area contributed by atoms with E-state index in [0.29, 0.717) is 74.4 Å². The van der Waals surface area contributed by atoms with Crippen molar-refractivity contribution in [2.75, 3.05) is 54.8 Å². The first kappa shape index (κ1) is 50.3. The fraction of sp³-hybridized carbons (Fsp3) is 0.393. The average molecular weight is 990 g/mol. The molecule has 5 aromatic rings. The largest absolute Gasteiger partial charge is 0.363 e. The summed E-state index contributed by atoms with van der Waals surface area (Å²) in [5, 5.41) is 5.99. The van der Waals surface area contributed by atoms with Gasteiger partial charge in [0.1, 0.15) is 30.0 Å². The number of likely N-dealkylation sites (tertiary alicyclic amines) is 4. The first-order valence-electron chi connectivity index (χ1n) is 25.0. The lowest BCUT2D eigenvalue weighted by molar-refractivity contribution is -0.144. The van der Waals surface area contributed by atoms with Crippen molar-refractivity contribution in [3.05, 3.63) is 162 Å². The minimum atomic E-state index is -2.77. The van der Waals surface area contributed by atoms with Gasteiger partial charge in [-0.3, -0.25) is 29.0 Å². The van der Waals surface area contributed by atoms with Crippen LogP contribution in [0.15, 0.2) is 133 Å². The third-order valence-corrected chi connectivity index (χ3v) is 14.5. The third kappa shape index (κ3) is 12.0. The highest BCUT2D eigenvalue weighted by molar-refractivity contribution is 5.99. The standard InChI is InChI=1S/C56H60F5N7O4/c57-43-19-25-46(26-20-43)66(37-39-15-21-44(22-16-39)62-51(69)47-13-7-31-67(47)53(71)49(41-9-3-1-4-10-41)64-33-27-55(58,59)28-34-64)38-40-17-23-45(24-18-40)63-52(70)48-14-8-32-68(48)54(72)50(42-11-5-2-6-12-42)65-35-29-56(60,61)30-36-65/h1-6,9-12,15-26,47-50H,7-8,13-14,27-38H2,(H,62,69)(H,63,70)/t47-,48-,49?,50?/m0/s1. The van der Waals surface area contributed by atoms with Crippen LogP contribution in [0.1, 0.15) is 85.7 Å². The summed E-state index contributed by atoms with van der Waals surface area (Å²) < 4.78 is 70.8. The Morgan fingerprint density at radius 3 is 1.26 bits per heavy atom. The first-order valence-corrected chi connectivity index (χ1v) is 25.0. The van der Waals surface area contributed by atoms with Crippen LogP contribution in [-0.4, -0.2) is 106 Å². The topological polar surface area (TPSA) is 109 Å².